The van der Waals surface area contributed by atoms with Crippen molar-refractivity contribution < 1.29 is 23.5 Å². The second kappa shape index (κ2) is 8.72. The summed E-state index contributed by atoms with van der Waals surface area (Å²) in [7, 11) is 0. The van der Waals surface area contributed by atoms with Crippen molar-refractivity contribution in [3.63, 3.8) is 0 Å². The van der Waals surface area contributed by atoms with E-state index in [0.29, 0.717) is 5.75 Å². The molecular weight excluding hydrogens is 377 g/mol. The van der Waals surface area contributed by atoms with Crippen LogP contribution in [0, 0.1) is 18.7 Å². The standard InChI is InChI=1S/C21H22FN3O4/c1-13-3-7-17(8-4-13)25-12-15(11-19(25)26)21(28)24-23-20(27)14(2)29-18-9-5-16(22)6-10-18/h3-10,14-15H,11-12H2,1-2H3,(H,23,27)(H,24,28)/t14-,15-/m1/s1. The van der Waals surface area contributed by atoms with Gasteiger partial charge >= 0.3 is 0 Å². The number of aryl methyl sites for hydroxylation is 1. The molecule has 8 heteroatoms. The third-order valence-corrected chi connectivity index (χ3v) is 4.65. The van der Waals surface area contributed by atoms with Gasteiger partial charge in [0.05, 0.1) is 5.92 Å². The molecule has 0 bridgehead atoms. The topological polar surface area (TPSA) is 87.7 Å². The lowest BCUT2D eigenvalue weighted by Gasteiger charge is -2.18. The number of anilines is 1. The Hall–Kier alpha value is -3.42. The highest BCUT2D eigenvalue weighted by atomic mass is 19.1. The Labute approximate surface area is 167 Å². The van der Waals surface area contributed by atoms with Gasteiger partial charge in [-0.1, -0.05) is 17.7 Å². The number of rotatable bonds is 5. The maximum atomic E-state index is 12.9. The monoisotopic (exact) mass is 399 g/mol. The Morgan fingerprint density at radius 2 is 1.76 bits per heavy atom. The number of carbonyl (C=O) groups excluding carboxylic acids is 3. The number of halogens is 1. The molecule has 1 saturated heterocycles. The van der Waals surface area contributed by atoms with E-state index in [-0.39, 0.29) is 18.9 Å². The van der Waals surface area contributed by atoms with E-state index in [1.807, 2.05) is 31.2 Å². The molecule has 0 radical (unpaired) electrons. The van der Waals surface area contributed by atoms with E-state index in [2.05, 4.69) is 10.9 Å². The normalized spacial score (nSPS) is 17.0. The van der Waals surface area contributed by atoms with Gasteiger partial charge in [-0.15, -0.1) is 0 Å². The largest absolute Gasteiger partial charge is 0.481 e. The summed E-state index contributed by atoms with van der Waals surface area (Å²) >= 11 is 0. The van der Waals surface area contributed by atoms with Gasteiger partial charge in [-0.3, -0.25) is 25.2 Å². The van der Waals surface area contributed by atoms with Gasteiger partial charge in [0.2, 0.25) is 11.8 Å². The number of nitrogens with one attached hydrogen (secondary N) is 2. The Morgan fingerprint density at radius 1 is 1.10 bits per heavy atom. The number of benzene rings is 2. The van der Waals surface area contributed by atoms with E-state index >= 15 is 0 Å². The van der Waals surface area contributed by atoms with Gasteiger partial charge in [0.15, 0.2) is 6.10 Å². The smallest absolute Gasteiger partial charge is 0.279 e. The summed E-state index contributed by atoms with van der Waals surface area (Å²) in [6, 6.07) is 12.7. The van der Waals surface area contributed by atoms with Crippen molar-refractivity contribution in [3.05, 3.63) is 59.9 Å². The highest BCUT2D eigenvalue weighted by molar-refractivity contribution is 6.00. The zero-order valence-electron chi connectivity index (χ0n) is 16.1. The lowest BCUT2D eigenvalue weighted by atomic mass is 10.1. The first-order valence-corrected chi connectivity index (χ1v) is 9.22. The van der Waals surface area contributed by atoms with Crippen LogP contribution in [0.25, 0.3) is 0 Å². The molecule has 2 aromatic rings. The van der Waals surface area contributed by atoms with Crippen molar-refractivity contribution in [2.75, 3.05) is 11.4 Å². The number of hydrazine groups is 1. The van der Waals surface area contributed by atoms with Crippen molar-refractivity contribution >= 4 is 23.4 Å². The lowest BCUT2D eigenvalue weighted by Crippen LogP contribution is -2.49. The zero-order chi connectivity index (χ0) is 21.0. The SMILES string of the molecule is Cc1ccc(N2C[C@H](C(=O)NNC(=O)[C@@H](C)Oc3ccc(F)cc3)CC2=O)cc1. The number of nitrogens with zero attached hydrogens (tertiary/aromatic N) is 1. The summed E-state index contributed by atoms with van der Waals surface area (Å²) in [5.41, 5.74) is 6.46. The molecule has 7 nitrogen and oxygen atoms in total. The molecule has 1 heterocycles. The summed E-state index contributed by atoms with van der Waals surface area (Å²) in [5, 5.41) is 0. The van der Waals surface area contributed by atoms with Crippen LogP contribution in [0.15, 0.2) is 48.5 Å². The van der Waals surface area contributed by atoms with Gasteiger partial charge in [-0.2, -0.15) is 0 Å². The van der Waals surface area contributed by atoms with E-state index in [1.165, 1.54) is 31.2 Å². The molecule has 1 aliphatic rings. The van der Waals surface area contributed by atoms with E-state index < -0.39 is 29.7 Å². The Balaban J connectivity index is 1.49. The molecule has 2 N–H and O–H groups in total. The summed E-state index contributed by atoms with van der Waals surface area (Å²) < 4.78 is 18.3. The average Bonchev–Trinajstić information content (AvgIpc) is 3.10. The van der Waals surface area contributed by atoms with Crippen LogP contribution in [-0.4, -0.2) is 30.4 Å². The van der Waals surface area contributed by atoms with Crippen LogP contribution in [0.3, 0.4) is 0 Å². The first-order valence-electron chi connectivity index (χ1n) is 9.22. The van der Waals surface area contributed by atoms with Crippen molar-refractivity contribution in [2.45, 2.75) is 26.4 Å². The fourth-order valence-electron chi connectivity index (χ4n) is 2.96. The predicted molar refractivity (Wildman–Crippen MR) is 104 cm³/mol. The zero-order valence-corrected chi connectivity index (χ0v) is 16.1. The Kier molecular flexibility index (Phi) is 6.11. The van der Waals surface area contributed by atoms with Crippen LogP contribution < -0.4 is 20.5 Å². The van der Waals surface area contributed by atoms with Gasteiger partial charge in [0, 0.05) is 18.7 Å². The van der Waals surface area contributed by atoms with Crippen molar-refractivity contribution in [3.8, 4) is 5.75 Å². The number of carbonyl (C=O) groups is 3. The molecule has 1 aliphatic heterocycles. The first-order chi connectivity index (χ1) is 13.8. The molecule has 0 aliphatic carbocycles. The Bertz CT molecular complexity index is 899. The number of amides is 3. The molecular formula is C21H22FN3O4. The van der Waals surface area contributed by atoms with Crippen LogP contribution in [0.5, 0.6) is 5.75 Å². The van der Waals surface area contributed by atoms with Crippen molar-refractivity contribution in [1.82, 2.24) is 10.9 Å². The van der Waals surface area contributed by atoms with Crippen LogP contribution >= 0.6 is 0 Å². The van der Waals surface area contributed by atoms with E-state index in [4.69, 9.17) is 4.74 Å². The second-order valence-electron chi connectivity index (χ2n) is 6.93. The second-order valence-corrected chi connectivity index (χ2v) is 6.93. The molecule has 1 fully saturated rings. The molecule has 0 spiro atoms. The molecule has 3 rings (SSSR count). The minimum Gasteiger partial charge on any atom is -0.481 e. The molecule has 2 atom stereocenters. The van der Waals surface area contributed by atoms with E-state index in [9.17, 15) is 18.8 Å². The number of hydrogen-bond acceptors (Lipinski definition) is 4. The summed E-state index contributed by atoms with van der Waals surface area (Å²) in [6.07, 6.45) is -0.841. The van der Waals surface area contributed by atoms with Crippen LogP contribution in [0.2, 0.25) is 0 Å². The molecule has 152 valence electrons. The predicted octanol–water partition coefficient (Wildman–Crippen LogP) is 2.10. The maximum Gasteiger partial charge on any atom is 0.279 e. The Morgan fingerprint density at radius 3 is 2.41 bits per heavy atom. The van der Waals surface area contributed by atoms with Crippen LogP contribution in [0.1, 0.15) is 18.9 Å². The van der Waals surface area contributed by atoms with Crippen LogP contribution in [0.4, 0.5) is 10.1 Å². The molecule has 2 aromatic carbocycles. The fraction of sp³-hybridized carbons (Fsp3) is 0.286. The average molecular weight is 399 g/mol. The number of hydrogen-bond donors (Lipinski definition) is 2. The molecule has 0 aromatic heterocycles. The van der Waals surface area contributed by atoms with Gasteiger partial charge in [0.1, 0.15) is 11.6 Å². The molecule has 3 amide bonds. The molecule has 29 heavy (non-hydrogen) atoms. The maximum absolute atomic E-state index is 12.9. The van der Waals surface area contributed by atoms with Gasteiger partial charge < -0.3 is 9.64 Å². The van der Waals surface area contributed by atoms with Crippen molar-refractivity contribution in [1.29, 1.82) is 0 Å². The highest BCUT2D eigenvalue weighted by Gasteiger charge is 2.35. The molecule has 0 unspecified atom stereocenters. The fourth-order valence-corrected chi connectivity index (χ4v) is 2.96. The third-order valence-electron chi connectivity index (χ3n) is 4.65. The minimum atomic E-state index is -0.907. The van der Waals surface area contributed by atoms with Gasteiger partial charge in [0.25, 0.3) is 5.91 Å². The highest BCUT2D eigenvalue weighted by Crippen LogP contribution is 2.25. The van der Waals surface area contributed by atoms with Gasteiger partial charge in [-0.05, 0) is 50.2 Å². The van der Waals surface area contributed by atoms with Crippen molar-refractivity contribution in [2.24, 2.45) is 5.92 Å². The number of ether oxygens (including phenoxy) is 1. The third kappa shape index (κ3) is 5.10. The molecule has 0 saturated carbocycles. The van der Waals surface area contributed by atoms with Gasteiger partial charge in [-0.25, -0.2) is 4.39 Å². The quantitative estimate of drug-likeness (QED) is 0.754. The summed E-state index contributed by atoms with van der Waals surface area (Å²) in [4.78, 5) is 38.3. The summed E-state index contributed by atoms with van der Waals surface area (Å²) in [5.74, 6) is -1.81. The minimum absolute atomic E-state index is 0.0667. The van der Waals surface area contributed by atoms with E-state index in [1.54, 1.807) is 4.90 Å². The van der Waals surface area contributed by atoms with E-state index in [0.717, 1.165) is 11.3 Å². The summed E-state index contributed by atoms with van der Waals surface area (Å²) in [6.45, 7) is 3.70. The first kappa shape index (κ1) is 20.3. The lowest BCUT2D eigenvalue weighted by molar-refractivity contribution is -0.134. The van der Waals surface area contributed by atoms with Crippen LogP contribution in [-0.2, 0) is 14.4 Å².